The van der Waals surface area contributed by atoms with E-state index in [0.717, 1.165) is 22.0 Å². The highest BCUT2D eigenvalue weighted by Gasteiger charge is 2.25. The number of benzene rings is 3. The van der Waals surface area contributed by atoms with E-state index in [1.807, 2.05) is 78.6 Å². The fourth-order valence-corrected chi connectivity index (χ4v) is 4.61. The molecule has 4 rings (SSSR count). The molecule has 0 radical (unpaired) electrons. The molecule has 3 aromatic carbocycles. The van der Waals surface area contributed by atoms with E-state index in [2.05, 4.69) is 5.32 Å². The third-order valence-corrected chi connectivity index (χ3v) is 6.65. The Hall–Kier alpha value is -3.32. The van der Waals surface area contributed by atoms with Crippen molar-refractivity contribution >= 4 is 45.9 Å². The summed E-state index contributed by atoms with van der Waals surface area (Å²) in [5.74, 6) is 0.348. The standard InChI is InChI=1S/C26H27N3O3S/c1-19-9-11-21(12-10-19)27-24(30)17-33-18-25(31)28-13-15-29(16-14-28)26(32)23-8-4-6-20-5-2-3-7-22(20)23/h2-12H,13-18H2,1H3,(H,27,30). The SMILES string of the molecule is Cc1ccc(NC(=O)CSCC(=O)N2CCN(C(=O)c3cccc4ccccc34)CC2)cc1. The highest BCUT2D eigenvalue weighted by atomic mass is 32.2. The molecule has 1 aliphatic rings. The van der Waals surface area contributed by atoms with Crippen LogP contribution in [-0.4, -0.2) is 65.2 Å². The molecule has 3 amide bonds. The lowest BCUT2D eigenvalue weighted by molar-refractivity contribution is -0.129. The second kappa shape index (κ2) is 10.5. The summed E-state index contributed by atoms with van der Waals surface area (Å²) in [7, 11) is 0. The third-order valence-electron chi connectivity index (χ3n) is 5.73. The van der Waals surface area contributed by atoms with Gasteiger partial charge in [0.2, 0.25) is 11.8 Å². The molecule has 6 nitrogen and oxygen atoms in total. The Morgan fingerprint density at radius 3 is 2.24 bits per heavy atom. The number of hydrogen-bond donors (Lipinski definition) is 1. The van der Waals surface area contributed by atoms with E-state index in [0.29, 0.717) is 31.7 Å². The smallest absolute Gasteiger partial charge is 0.254 e. The Morgan fingerprint density at radius 1 is 0.818 bits per heavy atom. The first-order chi connectivity index (χ1) is 16.0. The topological polar surface area (TPSA) is 69.7 Å². The van der Waals surface area contributed by atoms with E-state index < -0.39 is 0 Å². The predicted octanol–water partition coefficient (Wildman–Crippen LogP) is 3.80. The lowest BCUT2D eigenvalue weighted by atomic mass is 10.0. The van der Waals surface area contributed by atoms with Crippen LogP contribution in [0, 0.1) is 6.92 Å². The van der Waals surface area contributed by atoms with Gasteiger partial charge in [-0.3, -0.25) is 14.4 Å². The van der Waals surface area contributed by atoms with Crippen molar-refractivity contribution < 1.29 is 14.4 Å². The number of carbonyl (C=O) groups is 3. The van der Waals surface area contributed by atoms with Gasteiger partial charge in [0.05, 0.1) is 11.5 Å². The summed E-state index contributed by atoms with van der Waals surface area (Å²) in [4.78, 5) is 41.3. The summed E-state index contributed by atoms with van der Waals surface area (Å²) >= 11 is 1.31. The Bertz CT molecular complexity index is 1150. The van der Waals surface area contributed by atoms with Crippen LogP contribution in [-0.2, 0) is 9.59 Å². The summed E-state index contributed by atoms with van der Waals surface area (Å²) in [5.41, 5.74) is 2.58. The van der Waals surface area contributed by atoms with Crippen LogP contribution in [0.5, 0.6) is 0 Å². The first kappa shape index (κ1) is 22.9. The molecule has 1 saturated heterocycles. The van der Waals surface area contributed by atoms with Crippen molar-refractivity contribution in [3.63, 3.8) is 0 Å². The van der Waals surface area contributed by atoms with Gasteiger partial charge in [-0.2, -0.15) is 0 Å². The van der Waals surface area contributed by atoms with Gasteiger partial charge in [-0.15, -0.1) is 11.8 Å². The van der Waals surface area contributed by atoms with E-state index in [4.69, 9.17) is 0 Å². The van der Waals surface area contributed by atoms with E-state index >= 15 is 0 Å². The van der Waals surface area contributed by atoms with E-state index in [-0.39, 0.29) is 29.2 Å². The molecule has 0 atom stereocenters. The molecule has 1 N–H and O–H groups in total. The van der Waals surface area contributed by atoms with Gasteiger partial charge < -0.3 is 15.1 Å². The number of rotatable bonds is 6. The van der Waals surface area contributed by atoms with Crippen molar-refractivity contribution in [2.24, 2.45) is 0 Å². The quantitative estimate of drug-likeness (QED) is 0.606. The molecule has 1 heterocycles. The molecule has 0 aromatic heterocycles. The van der Waals surface area contributed by atoms with E-state index in [9.17, 15) is 14.4 Å². The van der Waals surface area contributed by atoms with Crippen LogP contribution < -0.4 is 5.32 Å². The minimum Gasteiger partial charge on any atom is -0.338 e. The van der Waals surface area contributed by atoms with Crippen LogP contribution in [0.2, 0.25) is 0 Å². The number of nitrogens with one attached hydrogen (secondary N) is 1. The number of carbonyl (C=O) groups excluding carboxylic acids is 3. The Kier molecular flexibility index (Phi) is 7.29. The van der Waals surface area contributed by atoms with Gasteiger partial charge in [0.25, 0.3) is 5.91 Å². The van der Waals surface area contributed by atoms with Crippen molar-refractivity contribution in [1.29, 1.82) is 0 Å². The zero-order valence-corrected chi connectivity index (χ0v) is 19.4. The minimum atomic E-state index is -0.123. The largest absolute Gasteiger partial charge is 0.338 e. The molecule has 0 saturated carbocycles. The van der Waals surface area contributed by atoms with E-state index in [1.165, 1.54) is 11.8 Å². The van der Waals surface area contributed by atoms with E-state index in [1.54, 1.807) is 4.90 Å². The normalized spacial score (nSPS) is 13.7. The second-order valence-corrected chi connectivity index (χ2v) is 9.09. The Labute approximate surface area is 197 Å². The maximum absolute atomic E-state index is 13.1. The molecule has 3 aromatic rings. The molecule has 1 fully saturated rings. The fourth-order valence-electron chi connectivity index (χ4n) is 3.90. The number of piperazine rings is 1. The predicted molar refractivity (Wildman–Crippen MR) is 134 cm³/mol. The summed E-state index contributed by atoms with van der Waals surface area (Å²) in [6, 6.07) is 21.2. The number of amides is 3. The van der Waals surface area contributed by atoms with Crippen LogP contribution >= 0.6 is 11.8 Å². The molecule has 0 bridgehead atoms. The van der Waals surface area contributed by atoms with Gasteiger partial charge in [0, 0.05) is 37.4 Å². The van der Waals surface area contributed by atoms with Crippen molar-refractivity contribution in [3.8, 4) is 0 Å². The monoisotopic (exact) mass is 461 g/mol. The molecular weight excluding hydrogens is 434 g/mol. The molecule has 1 aliphatic heterocycles. The van der Waals surface area contributed by atoms with Crippen molar-refractivity contribution in [3.05, 3.63) is 77.9 Å². The third kappa shape index (κ3) is 5.73. The number of hydrogen-bond acceptors (Lipinski definition) is 4. The summed E-state index contributed by atoms with van der Waals surface area (Å²) in [5, 5.41) is 4.83. The number of aryl methyl sites for hydroxylation is 1. The van der Waals surface area contributed by atoms with Gasteiger partial charge in [0.1, 0.15) is 0 Å². The van der Waals surface area contributed by atoms with Crippen LogP contribution in [0.1, 0.15) is 15.9 Å². The highest BCUT2D eigenvalue weighted by Crippen LogP contribution is 2.21. The van der Waals surface area contributed by atoms with Gasteiger partial charge in [-0.1, -0.05) is 54.1 Å². The first-order valence-corrected chi connectivity index (χ1v) is 12.2. The van der Waals surface area contributed by atoms with Crippen LogP contribution in [0.3, 0.4) is 0 Å². The molecule has 0 aliphatic carbocycles. The first-order valence-electron chi connectivity index (χ1n) is 11.0. The van der Waals surface area contributed by atoms with Gasteiger partial charge in [0.15, 0.2) is 0 Å². The lowest BCUT2D eigenvalue weighted by Crippen LogP contribution is -2.51. The minimum absolute atomic E-state index is 0.000366. The number of fused-ring (bicyclic) bond motifs is 1. The van der Waals surface area contributed by atoms with Crippen LogP contribution in [0.15, 0.2) is 66.7 Å². The zero-order chi connectivity index (χ0) is 23.2. The molecular formula is C26H27N3O3S. The summed E-state index contributed by atoms with van der Waals surface area (Å²) < 4.78 is 0. The van der Waals surface area contributed by atoms with Gasteiger partial charge in [-0.25, -0.2) is 0 Å². The van der Waals surface area contributed by atoms with Crippen molar-refractivity contribution in [1.82, 2.24) is 9.80 Å². The van der Waals surface area contributed by atoms with Gasteiger partial charge >= 0.3 is 0 Å². The molecule has 170 valence electrons. The molecule has 33 heavy (non-hydrogen) atoms. The fraction of sp³-hybridized carbons (Fsp3) is 0.269. The average Bonchev–Trinajstić information content (AvgIpc) is 2.84. The van der Waals surface area contributed by atoms with Crippen molar-refractivity contribution in [2.45, 2.75) is 6.92 Å². The van der Waals surface area contributed by atoms with Gasteiger partial charge in [-0.05, 0) is 35.9 Å². The van der Waals surface area contributed by atoms with Crippen LogP contribution in [0.4, 0.5) is 5.69 Å². The zero-order valence-electron chi connectivity index (χ0n) is 18.6. The highest BCUT2D eigenvalue weighted by molar-refractivity contribution is 8.00. The number of nitrogens with zero attached hydrogens (tertiary/aromatic N) is 2. The lowest BCUT2D eigenvalue weighted by Gasteiger charge is -2.35. The second-order valence-electron chi connectivity index (χ2n) is 8.11. The van der Waals surface area contributed by atoms with Crippen molar-refractivity contribution in [2.75, 3.05) is 43.0 Å². The summed E-state index contributed by atoms with van der Waals surface area (Å²) in [6.45, 7) is 4.02. The Balaban J connectivity index is 1.23. The molecule has 0 unspecified atom stereocenters. The maximum Gasteiger partial charge on any atom is 0.254 e. The average molecular weight is 462 g/mol. The maximum atomic E-state index is 13.1. The number of anilines is 1. The summed E-state index contributed by atoms with van der Waals surface area (Å²) in [6.07, 6.45) is 0. The number of thioether (sulfide) groups is 1. The molecule has 7 heteroatoms. The Morgan fingerprint density at radius 2 is 1.48 bits per heavy atom. The van der Waals surface area contributed by atoms with Crippen LogP contribution in [0.25, 0.3) is 10.8 Å². The molecule has 0 spiro atoms.